The predicted octanol–water partition coefficient (Wildman–Crippen LogP) is 2.46. The van der Waals surface area contributed by atoms with E-state index in [1.54, 1.807) is 0 Å². The molecule has 204 valence electrons. The van der Waals surface area contributed by atoms with Crippen LogP contribution < -0.4 is 0 Å². The van der Waals surface area contributed by atoms with Gasteiger partial charge in [-0.1, -0.05) is 6.07 Å². The molecule has 9 nitrogen and oxygen atoms in total. The number of β-amino-alcohol motifs (C(OH)–C–C–N with tert-alkyl or cyclic N) is 1. The molecule has 0 radical (unpaired) electrons. The summed E-state index contributed by atoms with van der Waals surface area (Å²) in [6, 6.07) is 5.96. The Labute approximate surface area is 202 Å². The SMILES string of the molecule is Cc1cccc(CN2CCC3(CCCN(CCO)C3)C2=O)n1.O=C(O)C(F)(F)F.O=C(O)C(F)(F)F. The highest BCUT2D eigenvalue weighted by Crippen LogP contribution is 2.40. The number of hydrogen-bond donors (Lipinski definition) is 3. The number of alkyl halides is 6. The van der Waals surface area contributed by atoms with Gasteiger partial charge in [-0.2, -0.15) is 26.3 Å². The molecule has 1 atom stereocenters. The zero-order valence-electron chi connectivity index (χ0n) is 19.3. The minimum atomic E-state index is -5.08. The minimum Gasteiger partial charge on any atom is -0.475 e. The van der Waals surface area contributed by atoms with Crippen molar-refractivity contribution in [1.29, 1.82) is 0 Å². The van der Waals surface area contributed by atoms with Gasteiger partial charge in [0.1, 0.15) is 0 Å². The van der Waals surface area contributed by atoms with E-state index >= 15 is 0 Å². The average Bonchev–Trinajstić information content (AvgIpc) is 3.03. The second-order valence-electron chi connectivity index (χ2n) is 8.24. The second-order valence-corrected chi connectivity index (χ2v) is 8.24. The lowest BCUT2D eigenvalue weighted by molar-refractivity contribution is -0.193. The van der Waals surface area contributed by atoms with Gasteiger partial charge in [0.15, 0.2) is 0 Å². The molecule has 1 amide bonds. The van der Waals surface area contributed by atoms with Crippen LogP contribution in [0.4, 0.5) is 26.3 Å². The molecule has 0 saturated carbocycles. The van der Waals surface area contributed by atoms with Crippen LogP contribution in [0.1, 0.15) is 30.7 Å². The Hall–Kier alpha value is -2.94. The number of piperidine rings is 1. The minimum absolute atomic E-state index is 0.168. The van der Waals surface area contributed by atoms with Gasteiger partial charge in [-0.25, -0.2) is 9.59 Å². The van der Waals surface area contributed by atoms with Crippen LogP contribution in [0.2, 0.25) is 0 Å². The Morgan fingerprint density at radius 2 is 1.58 bits per heavy atom. The van der Waals surface area contributed by atoms with Gasteiger partial charge in [0.25, 0.3) is 0 Å². The third-order valence-electron chi connectivity index (χ3n) is 5.46. The Bertz CT molecular complexity index is 885. The van der Waals surface area contributed by atoms with E-state index in [1.165, 1.54) is 0 Å². The van der Waals surface area contributed by atoms with Crippen LogP contribution in [-0.4, -0.2) is 93.1 Å². The molecular formula is C21H27F6N3O6. The number of rotatable bonds is 4. The summed E-state index contributed by atoms with van der Waals surface area (Å²) in [6.45, 7) is 6.04. The number of aliphatic hydroxyl groups excluding tert-OH is 1. The maximum absolute atomic E-state index is 12.9. The van der Waals surface area contributed by atoms with E-state index in [1.807, 2.05) is 30.0 Å². The number of aliphatic carboxylic acids is 2. The molecule has 3 N–H and O–H groups in total. The van der Waals surface area contributed by atoms with Crippen LogP contribution in [0, 0.1) is 12.3 Å². The molecule has 15 heteroatoms. The van der Waals surface area contributed by atoms with E-state index in [4.69, 9.17) is 24.9 Å². The smallest absolute Gasteiger partial charge is 0.475 e. The number of carbonyl (C=O) groups is 3. The highest BCUT2D eigenvalue weighted by molar-refractivity contribution is 5.85. The number of amides is 1. The molecule has 1 aromatic rings. The van der Waals surface area contributed by atoms with E-state index in [2.05, 4.69) is 9.88 Å². The first-order valence-corrected chi connectivity index (χ1v) is 10.7. The van der Waals surface area contributed by atoms with Gasteiger partial charge in [0, 0.05) is 25.3 Å². The van der Waals surface area contributed by atoms with Crippen LogP contribution in [0.15, 0.2) is 18.2 Å². The van der Waals surface area contributed by atoms with E-state index < -0.39 is 24.3 Å². The summed E-state index contributed by atoms with van der Waals surface area (Å²) in [5, 5.41) is 23.4. The van der Waals surface area contributed by atoms with Crippen molar-refractivity contribution in [3.8, 4) is 0 Å². The third kappa shape index (κ3) is 9.60. The molecule has 1 aromatic heterocycles. The zero-order chi connectivity index (χ0) is 27.7. The zero-order valence-corrected chi connectivity index (χ0v) is 19.3. The molecular weight excluding hydrogens is 504 g/mol. The molecule has 2 aliphatic heterocycles. The summed E-state index contributed by atoms with van der Waals surface area (Å²) < 4.78 is 63.5. The fraction of sp³-hybridized carbons (Fsp3) is 0.619. The number of aryl methyl sites for hydroxylation is 1. The van der Waals surface area contributed by atoms with Crippen molar-refractivity contribution in [2.24, 2.45) is 5.41 Å². The quantitative estimate of drug-likeness (QED) is 0.505. The molecule has 0 bridgehead atoms. The Kier molecular flexibility index (Phi) is 11.1. The highest BCUT2D eigenvalue weighted by Gasteiger charge is 2.48. The van der Waals surface area contributed by atoms with E-state index in [9.17, 15) is 31.1 Å². The Balaban J connectivity index is 0.000000383. The first-order chi connectivity index (χ1) is 16.5. The second kappa shape index (κ2) is 12.9. The van der Waals surface area contributed by atoms with E-state index in [0.717, 1.165) is 50.3 Å². The lowest BCUT2D eigenvalue weighted by Gasteiger charge is -2.38. The van der Waals surface area contributed by atoms with E-state index in [0.29, 0.717) is 13.1 Å². The summed E-state index contributed by atoms with van der Waals surface area (Å²) in [5.74, 6) is -5.24. The van der Waals surface area contributed by atoms with Crippen LogP contribution in [0.25, 0.3) is 0 Å². The number of hydrogen-bond acceptors (Lipinski definition) is 6. The van der Waals surface area contributed by atoms with Gasteiger partial charge < -0.3 is 20.2 Å². The molecule has 1 spiro atoms. The molecule has 0 aromatic carbocycles. The molecule has 3 rings (SSSR count). The standard InChI is InChI=1S/C17H25N3O2.2C2HF3O2/c1-14-4-2-5-15(18-14)12-20-9-7-17(16(20)22)6-3-8-19(13-17)10-11-21;2*3-2(4,5)1(6)7/h2,4-5,21H,3,6-13H2,1H3;2*(H,6,7). The lowest BCUT2D eigenvalue weighted by Crippen LogP contribution is -2.48. The normalized spacial score (nSPS) is 20.3. The largest absolute Gasteiger partial charge is 0.490 e. The summed E-state index contributed by atoms with van der Waals surface area (Å²) in [6.07, 6.45) is -7.21. The summed E-state index contributed by atoms with van der Waals surface area (Å²) in [5.41, 5.74) is 1.73. The summed E-state index contributed by atoms with van der Waals surface area (Å²) >= 11 is 0. The molecule has 1 unspecified atom stereocenters. The highest BCUT2D eigenvalue weighted by atomic mass is 19.4. The number of likely N-dealkylation sites (tertiary alicyclic amines) is 2. The molecule has 36 heavy (non-hydrogen) atoms. The van der Waals surface area contributed by atoms with Crippen LogP contribution in [0.5, 0.6) is 0 Å². The van der Waals surface area contributed by atoms with Crippen LogP contribution in [-0.2, 0) is 20.9 Å². The molecule has 0 aliphatic carbocycles. The van der Waals surface area contributed by atoms with Crippen molar-refractivity contribution in [2.75, 3.05) is 32.8 Å². The van der Waals surface area contributed by atoms with Gasteiger partial charge in [-0.05, 0) is 44.9 Å². The Morgan fingerprint density at radius 3 is 2.06 bits per heavy atom. The number of nitrogens with zero attached hydrogens (tertiary/aromatic N) is 3. The number of carbonyl (C=O) groups excluding carboxylic acids is 1. The molecule has 2 aliphatic rings. The number of carboxylic acid groups (broad SMARTS) is 2. The fourth-order valence-corrected chi connectivity index (χ4v) is 3.86. The third-order valence-corrected chi connectivity index (χ3v) is 5.46. The van der Waals surface area contributed by atoms with Crippen molar-refractivity contribution in [3.05, 3.63) is 29.6 Å². The number of aliphatic hydroxyl groups is 1. The molecule has 2 fully saturated rings. The maximum Gasteiger partial charge on any atom is 0.490 e. The van der Waals surface area contributed by atoms with Gasteiger partial charge in [0.05, 0.1) is 24.3 Å². The van der Waals surface area contributed by atoms with E-state index in [-0.39, 0.29) is 17.9 Å². The van der Waals surface area contributed by atoms with Crippen molar-refractivity contribution >= 4 is 17.8 Å². The van der Waals surface area contributed by atoms with Crippen LogP contribution in [0.3, 0.4) is 0 Å². The number of halogens is 6. The van der Waals surface area contributed by atoms with Crippen LogP contribution >= 0.6 is 0 Å². The first-order valence-electron chi connectivity index (χ1n) is 10.7. The van der Waals surface area contributed by atoms with Crippen molar-refractivity contribution in [3.63, 3.8) is 0 Å². The number of pyridine rings is 1. The monoisotopic (exact) mass is 531 g/mol. The van der Waals surface area contributed by atoms with Gasteiger partial charge in [0.2, 0.25) is 5.91 Å². The van der Waals surface area contributed by atoms with Crippen molar-refractivity contribution in [1.82, 2.24) is 14.8 Å². The Morgan fingerprint density at radius 1 is 1.03 bits per heavy atom. The van der Waals surface area contributed by atoms with Crippen molar-refractivity contribution in [2.45, 2.75) is 45.1 Å². The average molecular weight is 531 g/mol. The summed E-state index contributed by atoms with van der Waals surface area (Å²) in [7, 11) is 0. The number of aromatic nitrogens is 1. The van der Waals surface area contributed by atoms with Gasteiger partial charge >= 0.3 is 24.3 Å². The van der Waals surface area contributed by atoms with Gasteiger partial charge in [-0.3, -0.25) is 14.7 Å². The summed E-state index contributed by atoms with van der Waals surface area (Å²) in [4.78, 5) is 39.4. The first kappa shape index (κ1) is 31.1. The number of carboxylic acids is 2. The molecule has 3 heterocycles. The van der Waals surface area contributed by atoms with Gasteiger partial charge in [-0.15, -0.1) is 0 Å². The topological polar surface area (TPSA) is 131 Å². The molecule has 2 saturated heterocycles. The maximum atomic E-state index is 12.9. The fourth-order valence-electron chi connectivity index (χ4n) is 3.86. The van der Waals surface area contributed by atoms with Crippen molar-refractivity contribution < 1.29 is 56.0 Å². The predicted molar refractivity (Wildman–Crippen MR) is 112 cm³/mol. The lowest BCUT2D eigenvalue weighted by atomic mass is 9.78.